The number of esters is 1. The molecule has 2 aromatic carbocycles. The van der Waals surface area contributed by atoms with Gasteiger partial charge in [0, 0.05) is 17.2 Å². The molecule has 9 nitrogen and oxygen atoms in total. The monoisotopic (exact) mass is 558 g/mol. The predicted octanol–water partition coefficient (Wildman–Crippen LogP) is 4.07. The number of nitrogens with zero attached hydrogens (tertiary/aromatic N) is 2. The molecule has 0 spiro atoms. The van der Waals surface area contributed by atoms with Crippen molar-refractivity contribution < 1.29 is 28.6 Å². The Kier molecular flexibility index (Phi) is 7.27. The van der Waals surface area contributed by atoms with E-state index in [-0.39, 0.29) is 23.3 Å². The summed E-state index contributed by atoms with van der Waals surface area (Å²) >= 11 is 1.18. The maximum absolute atomic E-state index is 13.8. The number of allylic oxidation sites excluding steroid dienone is 1. The summed E-state index contributed by atoms with van der Waals surface area (Å²) in [4.78, 5) is 43.5. The number of aromatic carboxylic acids is 1. The van der Waals surface area contributed by atoms with Crippen molar-refractivity contribution in [3.8, 4) is 17.1 Å². The number of methoxy groups -OCH3 is 1. The number of ether oxygens (including phenoxy) is 2. The van der Waals surface area contributed by atoms with Gasteiger partial charge in [-0.05, 0) is 50.6 Å². The van der Waals surface area contributed by atoms with Gasteiger partial charge < -0.3 is 19.0 Å². The highest BCUT2D eigenvalue weighted by Crippen LogP contribution is 2.35. The number of rotatable bonds is 7. The molecule has 0 radical (unpaired) electrons. The van der Waals surface area contributed by atoms with E-state index in [1.54, 1.807) is 57.2 Å². The second-order valence-electron chi connectivity index (χ2n) is 9.03. The Morgan fingerprint density at radius 2 is 1.90 bits per heavy atom. The van der Waals surface area contributed by atoms with Gasteiger partial charge in [0.15, 0.2) is 4.80 Å². The topological polar surface area (TPSA) is 120 Å². The molecule has 0 saturated carbocycles. The molecule has 10 heteroatoms. The number of carboxylic acid groups (broad SMARTS) is 1. The van der Waals surface area contributed by atoms with Crippen LogP contribution in [0.15, 0.2) is 80.1 Å². The van der Waals surface area contributed by atoms with Crippen molar-refractivity contribution in [3.63, 3.8) is 0 Å². The number of fused-ring (bicyclic) bond motifs is 1. The summed E-state index contributed by atoms with van der Waals surface area (Å²) < 4.78 is 18.8. The molecule has 0 amide bonds. The summed E-state index contributed by atoms with van der Waals surface area (Å²) in [6.07, 6.45) is 1.62. The van der Waals surface area contributed by atoms with E-state index < -0.39 is 18.0 Å². The molecule has 40 heavy (non-hydrogen) atoms. The van der Waals surface area contributed by atoms with Gasteiger partial charge in [-0.1, -0.05) is 41.7 Å². The second-order valence-corrected chi connectivity index (χ2v) is 10.0. The minimum atomic E-state index is -1.02. The fraction of sp³-hybridized carbons (Fsp3) is 0.200. The third-order valence-electron chi connectivity index (χ3n) is 6.68. The first-order chi connectivity index (χ1) is 19.2. The van der Waals surface area contributed by atoms with Crippen molar-refractivity contribution in [3.05, 3.63) is 108 Å². The van der Waals surface area contributed by atoms with E-state index >= 15 is 0 Å². The van der Waals surface area contributed by atoms with Crippen LogP contribution in [0.5, 0.6) is 5.75 Å². The lowest BCUT2D eigenvalue weighted by molar-refractivity contribution is -0.139. The van der Waals surface area contributed by atoms with Crippen molar-refractivity contribution in [2.75, 3.05) is 13.7 Å². The minimum absolute atomic E-state index is 0.175. The van der Waals surface area contributed by atoms with Gasteiger partial charge in [0.05, 0.1) is 35.1 Å². The van der Waals surface area contributed by atoms with Crippen LogP contribution in [0.25, 0.3) is 17.4 Å². The molecule has 4 aromatic rings. The summed E-state index contributed by atoms with van der Waals surface area (Å²) in [5.41, 5.74) is 2.41. The average Bonchev–Trinajstić information content (AvgIpc) is 3.52. The van der Waals surface area contributed by atoms with E-state index in [1.165, 1.54) is 29.1 Å². The number of aromatic nitrogens is 1. The van der Waals surface area contributed by atoms with Crippen LogP contribution in [0, 0.1) is 6.92 Å². The molecule has 0 fully saturated rings. The summed E-state index contributed by atoms with van der Waals surface area (Å²) in [6.45, 7) is 5.34. The maximum atomic E-state index is 13.8. The molecule has 5 rings (SSSR count). The van der Waals surface area contributed by atoms with Crippen LogP contribution in [0.1, 0.15) is 47.1 Å². The number of hydrogen-bond donors (Lipinski definition) is 1. The minimum Gasteiger partial charge on any atom is -0.496 e. The summed E-state index contributed by atoms with van der Waals surface area (Å²) in [5.74, 6) is -0.159. The number of furan rings is 1. The van der Waals surface area contributed by atoms with E-state index in [4.69, 9.17) is 13.9 Å². The highest BCUT2D eigenvalue weighted by atomic mass is 32.1. The van der Waals surface area contributed by atoms with Gasteiger partial charge in [-0.25, -0.2) is 14.6 Å². The number of hydrogen-bond acceptors (Lipinski definition) is 8. The van der Waals surface area contributed by atoms with E-state index in [0.717, 1.165) is 0 Å². The Labute approximate surface area is 232 Å². The lowest BCUT2D eigenvalue weighted by Gasteiger charge is -2.25. The quantitative estimate of drug-likeness (QED) is 0.340. The van der Waals surface area contributed by atoms with Crippen molar-refractivity contribution in [1.82, 2.24) is 4.57 Å². The Morgan fingerprint density at radius 1 is 1.12 bits per heavy atom. The van der Waals surface area contributed by atoms with Crippen molar-refractivity contribution in [2.24, 2.45) is 4.99 Å². The summed E-state index contributed by atoms with van der Waals surface area (Å²) in [7, 11) is 1.53. The first-order valence-electron chi connectivity index (χ1n) is 12.5. The zero-order valence-electron chi connectivity index (χ0n) is 22.3. The van der Waals surface area contributed by atoms with E-state index in [1.807, 2.05) is 18.2 Å². The van der Waals surface area contributed by atoms with Gasteiger partial charge in [0.2, 0.25) is 0 Å². The predicted molar refractivity (Wildman–Crippen MR) is 149 cm³/mol. The van der Waals surface area contributed by atoms with Gasteiger partial charge in [0.25, 0.3) is 5.56 Å². The number of carboxylic acids is 1. The average molecular weight is 559 g/mol. The molecule has 1 N–H and O–H groups in total. The largest absolute Gasteiger partial charge is 0.496 e. The fourth-order valence-corrected chi connectivity index (χ4v) is 5.84. The summed E-state index contributed by atoms with van der Waals surface area (Å²) in [5, 5.41) is 9.46. The number of carbonyl (C=O) groups is 2. The Balaban J connectivity index is 1.65. The van der Waals surface area contributed by atoms with Crippen LogP contribution >= 0.6 is 11.3 Å². The summed E-state index contributed by atoms with van der Waals surface area (Å²) in [6, 6.07) is 14.8. The fourth-order valence-electron chi connectivity index (χ4n) is 4.82. The van der Waals surface area contributed by atoms with Gasteiger partial charge in [-0.3, -0.25) is 9.36 Å². The van der Waals surface area contributed by atoms with Crippen LogP contribution in [-0.4, -0.2) is 35.3 Å². The van der Waals surface area contributed by atoms with Gasteiger partial charge >= 0.3 is 11.9 Å². The Hall–Kier alpha value is -4.70. The lowest BCUT2D eigenvalue weighted by atomic mass is 9.95. The molecule has 204 valence electrons. The van der Waals surface area contributed by atoms with Crippen LogP contribution < -0.4 is 19.6 Å². The zero-order chi connectivity index (χ0) is 28.6. The van der Waals surface area contributed by atoms with Gasteiger partial charge in [-0.2, -0.15) is 0 Å². The first-order valence-corrected chi connectivity index (χ1v) is 13.3. The molecule has 3 heterocycles. The third-order valence-corrected chi connectivity index (χ3v) is 7.66. The van der Waals surface area contributed by atoms with Crippen LogP contribution in [0.3, 0.4) is 0 Å². The molecular weight excluding hydrogens is 532 g/mol. The molecule has 1 aliphatic rings. The Bertz CT molecular complexity index is 1860. The highest BCUT2D eigenvalue weighted by molar-refractivity contribution is 7.07. The normalized spacial score (nSPS) is 15.0. The van der Waals surface area contributed by atoms with Crippen LogP contribution in [-0.2, 0) is 9.53 Å². The molecule has 0 unspecified atom stereocenters. The number of benzene rings is 2. The van der Waals surface area contributed by atoms with Crippen molar-refractivity contribution >= 4 is 29.4 Å². The molecule has 1 atom stereocenters. The van der Waals surface area contributed by atoms with Crippen LogP contribution in [0.2, 0.25) is 0 Å². The first kappa shape index (κ1) is 26.9. The van der Waals surface area contributed by atoms with Gasteiger partial charge in [-0.15, -0.1) is 0 Å². The number of thiazole rings is 1. The van der Waals surface area contributed by atoms with Crippen molar-refractivity contribution in [2.45, 2.75) is 26.8 Å². The Morgan fingerprint density at radius 3 is 2.62 bits per heavy atom. The molecule has 0 aliphatic carbocycles. The van der Waals surface area contributed by atoms with E-state index in [9.17, 15) is 19.5 Å². The molecule has 2 aromatic heterocycles. The van der Waals surface area contributed by atoms with Crippen molar-refractivity contribution in [1.29, 1.82) is 0 Å². The third kappa shape index (κ3) is 4.66. The lowest BCUT2D eigenvalue weighted by Crippen LogP contribution is -2.40. The molecule has 0 bridgehead atoms. The molecular formula is C30H26N2O7S. The standard InChI is InChI=1S/C30H26N2O7S/c1-5-38-29(36)25-17(3)31-30-32(26(25)21-9-6-7-12-22(21)37-4)27(33)24(40-30)15-18-13-14-23(39-18)19-10-8-11-20(16(19)2)28(34)35/h6-15,26H,5H2,1-4H3,(H,34,35)/t26-/m1/s1. The van der Waals surface area contributed by atoms with Gasteiger partial charge in [0.1, 0.15) is 23.3 Å². The molecule has 1 aliphatic heterocycles. The smallest absolute Gasteiger partial charge is 0.338 e. The maximum Gasteiger partial charge on any atom is 0.338 e. The van der Waals surface area contributed by atoms with E-state index in [0.29, 0.717) is 49.0 Å². The van der Waals surface area contributed by atoms with Crippen LogP contribution in [0.4, 0.5) is 0 Å². The SMILES string of the molecule is CCOC(=O)C1=C(C)N=c2sc(=Cc3ccc(-c4cccc(C(=O)O)c4C)o3)c(=O)n2[C@@H]1c1ccccc1OC. The number of para-hydroxylation sites is 1. The number of carbonyl (C=O) groups excluding carboxylic acids is 1. The zero-order valence-corrected chi connectivity index (χ0v) is 23.1. The molecule has 0 saturated heterocycles. The van der Waals surface area contributed by atoms with E-state index in [2.05, 4.69) is 4.99 Å². The highest BCUT2D eigenvalue weighted by Gasteiger charge is 2.35. The second kappa shape index (κ2) is 10.8.